The Morgan fingerprint density at radius 3 is 2.81 bits per heavy atom. The van der Waals surface area contributed by atoms with Crippen molar-refractivity contribution in [3.63, 3.8) is 0 Å². The lowest BCUT2D eigenvalue weighted by molar-refractivity contribution is 0.275. The molecule has 0 fully saturated rings. The molecule has 0 amide bonds. The fraction of sp³-hybridized carbons (Fsp3) is 0.375. The van der Waals surface area contributed by atoms with Gasteiger partial charge in [0.1, 0.15) is 5.82 Å². The lowest BCUT2D eigenvalue weighted by Crippen LogP contribution is -2.13. The number of nitrogens with zero attached hydrogens (tertiary/aromatic N) is 2. The zero-order valence-corrected chi connectivity index (χ0v) is 8.40. The van der Waals surface area contributed by atoms with Crippen molar-refractivity contribution in [2.75, 3.05) is 12.3 Å². The summed E-state index contributed by atoms with van der Waals surface area (Å²) in [6.45, 7) is -0.0515. The van der Waals surface area contributed by atoms with E-state index >= 15 is 0 Å². The number of nitrogens with one attached hydrogen (secondary N) is 2. The van der Waals surface area contributed by atoms with Gasteiger partial charge in [0.25, 0.3) is 5.56 Å². The first-order valence-electron chi connectivity index (χ1n) is 4.73. The number of hydrogen-bond acceptors (Lipinski definition) is 6. The van der Waals surface area contributed by atoms with Gasteiger partial charge in [-0.3, -0.25) is 9.78 Å². The van der Waals surface area contributed by atoms with Crippen LogP contribution in [0.25, 0.3) is 11.2 Å². The van der Waals surface area contributed by atoms with E-state index in [4.69, 9.17) is 16.6 Å². The van der Waals surface area contributed by atoms with Gasteiger partial charge in [-0.05, 0) is 6.42 Å². The molecule has 0 spiro atoms. The molecular formula is C8H12N6O2. The first kappa shape index (κ1) is 10.6. The van der Waals surface area contributed by atoms with E-state index in [0.717, 1.165) is 0 Å². The smallest absolute Gasteiger partial charge is 0.278 e. The number of aromatic nitrogens is 4. The second kappa shape index (κ2) is 3.91. The molecule has 0 aliphatic carbocycles. The molecule has 2 rings (SSSR count). The lowest BCUT2D eigenvalue weighted by atomic mass is 10.2. The number of H-pyrrole nitrogens is 2. The van der Waals surface area contributed by atoms with Crippen LogP contribution in [0.2, 0.25) is 0 Å². The molecule has 0 saturated heterocycles. The predicted molar refractivity (Wildman–Crippen MR) is 57.6 cm³/mol. The van der Waals surface area contributed by atoms with Crippen LogP contribution < -0.4 is 17.0 Å². The van der Waals surface area contributed by atoms with E-state index in [0.29, 0.717) is 12.2 Å². The highest BCUT2D eigenvalue weighted by Gasteiger charge is 2.13. The molecule has 16 heavy (non-hydrogen) atoms. The topological polar surface area (TPSA) is 147 Å². The van der Waals surface area contributed by atoms with Crippen LogP contribution in [0.1, 0.15) is 18.3 Å². The van der Waals surface area contributed by atoms with Crippen LogP contribution in [-0.4, -0.2) is 31.6 Å². The molecule has 7 N–H and O–H groups in total. The summed E-state index contributed by atoms with van der Waals surface area (Å²) in [5.74, 6) is 0.416. The van der Waals surface area contributed by atoms with Gasteiger partial charge in [0.2, 0.25) is 5.95 Å². The number of aromatic amines is 2. The van der Waals surface area contributed by atoms with Crippen LogP contribution in [0.4, 0.5) is 5.95 Å². The number of anilines is 1. The Labute approximate surface area is 89.7 Å². The Hall–Kier alpha value is -1.93. The minimum Gasteiger partial charge on any atom is -0.396 e. The molecule has 86 valence electrons. The zero-order chi connectivity index (χ0) is 11.7. The van der Waals surface area contributed by atoms with E-state index in [9.17, 15) is 4.79 Å². The molecule has 2 aromatic heterocycles. The number of nitrogens with two attached hydrogens (primary N) is 2. The average molecular weight is 224 g/mol. The molecule has 8 heteroatoms. The highest BCUT2D eigenvalue weighted by Crippen LogP contribution is 2.12. The zero-order valence-electron chi connectivity index (χ0n) is 8.40. The van der Waals surface area contributed by atoms with Gasteiger partial charge >= 0.3 is 0 Å². The van der Waals surface area contributed by atoms with Gasteiger partial charge in [-0.2, -0.15) is 4.98 Å². The van der Waals surface area contributed by atoms with Gasteiger partial charge in [0.05, 0.1) is 6.04 Å². The Bertz CT molecular complexity index is 559. The third-order valence-electron chi connectivity index (χ3n) is 2.19. The first-order chi connectivity index (χ1) is 7.61. The quantitative estimate of drug-likeness (QED) is 0.433. The summed E-state index contributed by atoms with van der Waals surface area (Å²) in [5.41, 5.74) is 11.2. The van der Waals surface area contributed by atoms with Gasteiger partial charge in [-0.1, -0.05) is 0 Å². The van der Waals surface area contributed by atoms with Crippen molar-refractivity contribution < 1.29 is 5.11 Å². The molecule has 2 heterocycles. The Kier molecular flexibility index (Phi) is 2.59. The van der Waals surface area contributed by atoms with Gasteiger partial charge in [0, 0.05) is 6.61 Å². The molecule has 0 aromatic carbocycles. The monoisotopic (exact) mass is 224 g/mol. The maximum absolute atomic E-state index is 11.5. The summed E-state index contributed by atoms with van der Waals surface area (Å²) < 4.78 is 0. The van der Waals surface area contributed by atoms with Crippen LogP contribution in [0, 0.1) is 0 Å². The SMILES string of the molecule is Nc1nc2nc(C(N)CCO)[nH]c2c(=O)[nH]1. The fourth-order valence-electron chi connectivity index (χ4n) is 1.39. The summed E-state index contributed by atoms with van der Waals surface area (Å²) in [4.78, 5) is 24.5. The van der Waals surface area contributed by atoms with E-state index in [2.05, 4.69) is 19.9 Å². The molecule has 0 saturated carbocycles. The van der Waals surface area contributed by atoms with Crippen molar-refractivity contribution in [3.05, 3.63) is 16.2 Å². The number of imidazole rings is 1. The van der Waals surface area contributed by atoms with Gasteiger partial charge in [-0.25, -0.2) is 4.98 Å². The summed E-state index contributed by atoms with van der Waals surface area (Å²) >= 11 is 0. The second-order valence-electron chi connectivity index (χ2n) is 3.39. The van der Waals surface area contributed by atoms with Crippen molar-refractivity contribution in [3.8, 4) is 0 Å². The highest BCUT2D eigenvalue weighted by molar-refractivity contribution is 5.70. The van der Waals surface area contributed by atoms with Crippen molar-refractivity contribution >= 4 is 17.1 Å². The second-order valence-corrected chi connectivity index (χ2v) is 3.39. The fourth-order valence-corrected chi connectivity index (χ4v) is 1.39. The van der Waals surface area contributed by atoms with Crippen molar-refractivity contribution in [2.24, 2.45) is 5.73 Å². The number of hydrogen-bond donors (Lipinski definition) is 5. The van der Waals surface area contributed by atoms with E-state index in [1.54, 1.807) is 0 Å². The molecular weight excluding hydrogens is 212 g/mol. The first-order valence-corrected chi connectivity index (χ1v) is 4.73. The lowest BCUT2D eigenvalue weighted by Gasteiger charge is -2.04. The molecule has 0 bridgehead atoms. The van der Waals surface area contributed by atoms with Crippen LogP contribution in [0.3, 0.4) is 0 Å². The predicted octanol–water partition coefficient (Wildman–Crippen LogP) is -1.39. The summed E-state index contributed by atoms with van der Waals surface area (Å²) in [6.07, 6.45) is 0.354. The average Bonchev–Trinajstić information content (AvgIpc) is 2.62. The minimum atomic E-state index is -0.458. The highest BCUT2D eigenvalue weighted by atomic mass is 16.3. The third kappa shape index (κ3) is 1.75. The summed E-state index contributed by atoms with van der Waals surface area (Å²) in [6, 6.07) is -0.458. The maximum Gasteiger partial charge on any atom is 0.278 e. The Morgan fingerprint density at radius 1 is 1.38 bits per heavy atom. The van der Waals surface area contributed by atoms with Gasteiger partial charge < -0.3 is 21.6 Å². The van der Waals surface area contributed by atoms with E-state index < -0.39 is 11.6 Å². The molecule has 8 nitrogen and oxygen atoms in total. The van der Waals surface area contributed by atoms with Crippen LogP contribution in [-0.2, 0) is 0 Å². The van der Waals surface area contributed by atoms with Crippen LogP contribution >= 0.6 is 0 Å². The number of aliphatic hydroxyl groups excluding tert-OH is 1. The largest absolute Gasteiger partial charge is 0.396 e. The normalized spacial score (nSPS) is 13.1. The molecule has 1 unspecified atom stereocenters. The molecule has 2 aromatic rings. The minimum absolute atomic E-state index is 0.00581. The van der Waals surface area contributed by atoms with Crippen molar-refractivity contribution in [2.45, 2.75) is 12.5 Å². The molecule has 0 aliphatic rings. The Balaban J connectivity index is 2.51. The molecule has 0 radical (unpaired) electrons. The van der Waals surface area contributed by atoms with Gasteiger partial charge in [-0.15, -0.1) is 0 Å². The van der Waals surface area contributed by atoms with E-state index in [1.807, 2.05) is 0 Å². The van der Waals surface area contributed by atoms with Crippen molar-refractivity contribution in [1.29, 1.82) is 0 Å². The molecule has 0 aliphatic heterocycles. The van der Waals surface area contributed by atoms with Crippen LogP contribution in [0.5, 0.6) is 0 Å². The Morgan fingerprint density at radius 2 is 2.12 bits per heavy atom. The number of aliphatic hydroxyl groups is 1. The third-order valence-corrected chi connectivity index (χ3v) is 2.19. The van der Waals surface area contributed by atoms with E-state index in [-0.39, 0.29) is 23.7 Å². The number of nitrogen functional groups attached to an aromatic ring is 1. The summed E-state index contributed by atoms with van der Waals surface area (Å²) in [7, 11) is 0. The van der Waals surface area contributed by atoms with Crippen molar-refractivity contribution in [1.82, 2.24) is 19.9 Å². The summed E-state index contributed by atoms with van der Waals surface area (Å²) in [5, 5.41) is 8.75. The van der Waals surface area contributed by atoms with Crippen LogP contribution in [0.15, 0.2) is 4.79 Å². The maximum atomic E-state index is 11.5. The standard InChI is InChI=1S/C8H12N6O2/c9-3(1-2-15)5-11-4-6(12-5)13-8(10)14-7(4)16/h3,15H,1-2,9H2,(H4,10,11,12,13,14,16). The number of fused-ring (bicyclic) bond motifs is 1. The molecule has 1 atom stereocenters. The van der Waals surface area contributed by atoms with E-state index in [1.165, 1.54) is 0 Å². The number of rotatable bonds is 3. The van der Waals surface area contributed by atoms with Gasteiger partial charge in [0.15, 0.2) is 11.2 Å².